The molecule has 0 bridgehead atoms. The number of carbonyl (C=O) groups is 1. The zero-order valence-electron chi connectivity index (χ0n) is 17.2. The number of amides is 1. The van der Waals surface area contributed by atoms with Gasteiger partial charge in [-0.1, -0.05) is 25.7 Å². The quantitative estimate of drug-likeness (QED) is 0.783. The Balaban J connectivity index is 1.48. The number of nitrogens with zero attached hydrogens (tertiary/aromatic N) is 4. The molecule has 1 aliphatic heterocycles. The van der Waals surface area contributed by atoms with Crippen molar-refractivity contribution in [1.82, 2.24) is 24.3 Å². The van der Waals surface area contributed by atoms with Crippen molar-refractivity contribution in [1.29, 1.82) is 0 Å². The number of carbonyl (C=O) groups excluding carboxylic acids is 1. The lowest BCUT2D eigenvalue weighted by molar-refractivity contribution is 0.0931. The van der Waals surface area contributed by atoms with Gasteiger partial charge in [0.2, 0.25) is 0 Å². The standard InChI is InChI=1S/C21H29N5O3/c1-24-18-16(20(28)25(2)21(24)29)9-10-17(23-18)19(27)22-14-11-12-26(13-14)15-7-5-3-4-6-8-15/h9-10,14-15H,3-8,11-13H2,1-2H3,(H,22,27). The minimum Gasteiger partial charge on any atom is -0.347 e. The molecule has 2 aliphatic rings. The van der Waals surface area contributed by atoms with Crippen molar-refractivity contribution >= 4 is 16.9 Å². The molecule has 0 aromatic carbocycles. The van der Waals surface area contributed by atoms with Crippen molar-refractivity contribution in [2.45, 2.75) is 57.0 Å². The van der Waals surface area contributed by atoms with E-state index in [-0.39, 0.29) is 23.3 Å². The van der Waals surface area contributed by atoms with Crippen LogP contribution in [-0.4, -0.2) is 50.1 Å². The Morgan fingerprint density at radius 3 is 2.48 bits per heavy atom. The molecule has 1 saturated heterocycles. The summed E-state index contributed by atoms with van der Waals surface area (Å²) in [5.74, 6) is -0.257. The first kappa shape index (κ1) is 19.8. The number of aromatic nitrogens is 3. The molecule has 8 heteroatoms. The zero-order valence-corrected chi connectivity index (χ0v) is 17.2. The van der Waals surface area contributed by atoms with Gasteiger partial charge >= 0.3 is 5.69 Å². The number of fused-ring (bicyclic) bond motifs is 1. The number of likely N-dealkylation sites (tertiary alicyclic amines) is 1. The highest BCUT2D eigenvalue weighted by molar-refractivity contribution is 5.94. The average Bonchev–Trinajstić information content (AvgIpc) is 3.02. The number of rotatable bonds is 3. The van der Waals surface area contributed by atoms with Crippen molar-refractivity contribution in [3.05, 3.63) is 38.7 Å². The van der Waals surface area contributed by atoms with E-state index in [1.807, 2.05) is 0 Å². The first-order valence-electron chi connectivity index (χ1n) is 10.6. The Labute approximate surface area is 169 Å². The fraction of sp³-hybridized carbons (Fsp3) is 0.619. The van der Waals surface area contributed by atoms with Gasteiger partial charge in [-0.3, -0.25) is 23.6 Å². The smallest absolute Gasteiger partial charge is 0.332 e. The first-order valence-corrected chi connectivity index (χ1v) is 10.6. The molecule has 1 aliphatic carbocycles. The van der Waals surface area contributed by atoms with Crippen LogP contribution >= 0.6 is 0 Å². The second kappa shape index (κ2) is 8.10. The van der Waals surface area contributed by atoms with Gasteiger partial charge in [0.05, 0.1) is 5.39 Å². The monoisotopic (exact) mass is 399 g/mol. The third-order valence-electron chi connectivity index (χ3n) is 6.43. The van der Waals surface area contributed by atoms with E-state index in [0.717, 1.165) is 24.1 Å². The van der Waals surface area contributed by atoms with Gasteiger partial charge in [0.25, 0.3) is 11.5 Å². The van der Waals surface area contributed by atoms with E-state index in [0.29, 0.717) is 11.4 Å². The lowest BCUT2D eigenvalue weighted by Gasteiger charge is -2.26. The van der Waals surface area contributed by atoms with Crippen LogP contribution in [0.15, 0.2) is 21.7 Å². The van der Waals surface area contributed by atoms with Crippen LogP contribution in [0.1, 0.15) is 55.4 Å². The molecule has 0 radical (unpaired) electrons. The Bertz CT molecular complexity index is 1030. The molecular formula is C21H29N5O3. The van der Waals surface area contributed by atoms with E-state index in [1.165, 1.54) is 50.1 Å². The van der Waals surface area contributed by atoms with Gasteiger partial charge in [-0.2, -0.15) is 0 Å². The first-order chi connectivity index (χ1) is 14.0. The van der Waals surface area contributed by atoms with Crippen LogP contribution < -0.4 is 16.6 Å². The summed E-state index contributed by atoms with van der Waals surface area (Å²) in [5.41, 5.74) is -0.397. The van der Waals surface area contributed by atoms with Gasteiger partial charge in [-0.05, 0) is 31.4 Å². The highest BCUT2D eigenvalue weighted by Gasteiger charge is 2.29. The Morgan fingerprint density at radius 2 is 1.76 bits per heavy atom. The third-order valence-corrected chi connectivity index (χ3v) is 6.43. The van der Waals surface area contributed by atoms with Crippen molar-refractivity contribution in [3.63, 3.8) is 0 Å². The highest BCUT2D eigenvalue weighted by Crippen LogP contribution is 2.25. The SMILES string of the molecule is Cn1c(=O)c2ccc(C(=O)NC3CCN(C4CCCCCC4)C3)nc2n(C)c1=O. The third kappa shape index (κ3) is 3.85. The van der Waals surface area contributed by atoms with Crippen LogP contribution in [0.4, 0.5) is 0 Å². The molecule has 1 atom stereocenters. The molecule has 29 heavy (non-hydrogen) atoms. The van der Waals surface area contributed by atoms with E-state index in [4.69, 9.17) is 0 Å². The molecule has 156 valence electrons. The summed E-state index contributed by atoms with van der Waals surface area (Å²) < 4.78 is 2.35. The molecule has 0 spiro atoms. The van der Waals surface area contributed by atoms with Crippen LogP contribution in [0.25, 0.3) is 11.0 Å². The number of hydrogen-bond donors (Lipinski definition) is 1. The van der Waals surface area contributed by atoms with Crippen LogP contribution in [0.5, 0.6) is 0 Å². The number of pyridine rings is 1. The topological polar surface area (TPSA) is 89.2 Å². The van der Waals surface area contributed by atoms with Crippen molar-refractivity contribution in [3.8, 4) is 0 Å². The van der Waals surface area contributed by atoms with Gasteiger partial charge in [0.15, 0.2) is 0 Å². The lowest BCUT2D eigenvalue weighted by Crippen LogP contribution is -2.40. The predicted molar refractivity (Wildman–Crippen MR) is 111 cm³/mol. The second-order valence-corrected chi connectivity index (χ2v) is 8.37. The largest absolute Gasteiger partial charge is 0.347 e. The van der Waals surface area contributed by atoms with E-state index < -0.39 is 11.2 Å². The summed E-state index contributed by atoms with van der Waals surface area (Å²) in [6.45, 7) is 1.90. The molecule has 8 nitrogen and oxygen atoms in total. The van der Waals surface area contributed by atoms with Crippen molar-refractivity contribution in [2.24, 2.45) is 14.1 Å². The highest BCUT2D eigenvalue weighted by atomic mass is 16.2. The molecule has 1 saturated carbocycles. The van der Waals surface area contributed by atoms with Gasteiger partial charge in [-0.15, -0.1) is 0 Å². The molecule has 2 aromatic rings. The summed E-state index contributed by atoms with van der Waals surface area (Å²) in [6.07, 6.45) is 8.74. The second-order valence-electron chi connectivity index (χ2n) is 8.37. The molecular weight excluding hydrogens is 370 g/mol. The average molecular weight is 399 g/mol. The van der Waals surface area contributed by atoms with Gasteiger partial charge in [0, 0.05) is 39.3 Å². The van der Waals surface area contributed by atoms with Crippen LogP contribution in [0, 0.1) is 0 Å². The van der Waals surface area contributed by atoms with Gasteiger partial charge < -0.3 is 5.32 Å². The van der Waals surface area contributed by atoms with Gasteiger partial charge in [0.1, 0.15) is 11.3 Å². The van der Waals surface area contributed by atoms with E-state index >= 15 is 0 Å². The Kier molecular flexibility index (Phi) is 5.54. The van der Waals surface area contributed by atoms with Crippen molar-refractivity contribution < 1.29 is 4.79 Å². The molecule has 2 fully saturated rings. The Morgan fingerprint density at radius 1 is 1.03 bits per heavy atom. The van der Waals surface area contributed by atoms with E-state index in [1.54, 1.807) is 19.2 Å². The minimum absolute atomic E-state index is 0.107. The molecule has 1 amide bonds. The predicted octanol–water partition coefficient (Wildman–Crippen LogP) is 1.16. The maximum atomic E-state index is 12.8. The zero-order chi connectivity index (χ0) is 20.5. The fourth-order valence-electron chi connectivity index (χ4n) is 4.70. The normalized spacial score (nSPS) is 21.4. The van der Waals surface area contributed by atoms with Crippen molar-refractivity contribution in [2.75, 3.05) is 13.1 Å². The number of hydrogen-bond acceptors (Lipinski definition) is 5. The molecule has 2 aromatic heterocycles. The molecule has 4 rings (SSSR count). The van der Waals surface area contributed by atoms with E-state index in [9.17, 15) is 14.4 Å². The number of aryl methyl sites for hydroxylation is 1. The summed E-state index contributed by atoms with van der Waals surface area (Å²) >= 11 is 0. The summed E-state index contributed by atoms with van der Waals surface area (Å²) in [5, 5.41) is 3.42. The molecule has 1 unspecified atom stereocenters. The molecule has 3 heterocycles. The Hall–Kier alpha value is -2.48. The van der Waals surface area contributed by atoms with Crippen LogP contribution in [0.3, 0.4) is 0 Å². The summed E-state index contributed by atoms with van der Waals surface area (Å²) in [4.78, 5) is 44.0. The number of nitrogens with one attached hydrogen (secondary N) is 1. The molecule has 1 N–H and O–H groups in total. The summed E-state index contributed by atoms with van der Waals surface area (Å²) in [7, 11) is 2.99. The van der Waals surface area contributed by atoms with Crippen LogP contribution in [0.2, 0.25) is 0 Å². The maximum absolute atomic E-state index is 12.8. The van der Waals surface area contributed by atoms with Crippen LogP contribution in [-0.2, 0) is 14.1 Å². The van der Waals surface area contributed by atoms with E-state index in [2.05, 4.69) is 15.2 Å². The maximum Gasteiger partial charge on any atom is 0.332 e. The minimum atomic E-state index is -0.456. The van der Waals surface area contributed by atoms with Gasteiger partial charge in [-0.25, -0.2) is 9.78 Å². The fourth-order valence-corrected chi connectivity index (χ4v) is 4.70. The summed E-state index contributed by atoms with van der Waals surface area (Å²) in [6, 6.07) is 3.88. The lowest BCUT2D eigenvalue weighted by atomic mass is 10.1.